The highest BCUT2D eigenvalue weighted by molar-refractivity contribution is 5.94. The first-order valence-electron chi connectivity index (χ1n) is 11.2. The number of aromatic amines is 1. The van der Waals surface area contributed by atoms with Crippen molar-refractivity contribution < 1.29 is 4.79 Å². The monoisotopic (exact) mass is 469 g/mol. The summed E-state index contributed by atoms with van der Waals surface area (Å²) in [4.78, 5) is 42.5. The molecule has 0 aliphatic carbocycles. The Kier molecular flexibility index (Phi) is 7.11. The zero-order valence-corrected chi connectivity index (χ0v) is 19.4. The molecular formula is C27H27N5O3. The van der Waals surface area contributed by atoms with Gasteiger partial charge >= 0.3 is 5.69 Å². The van der Waals surface area contributed by atoms with Gasteiger partial charge in [-0.2, -0.15) is 0 Å². The smallest absolute Gasteiger partial charge is 0.330 e. The maximum atomic E-state index is 13.0. The van der Waals surface area contributed by atoms with Crippen molar-refractivity contribution in [3.63, 3.8) is 0 Å². The van der Waals surface area contributed by atoms with Gasteiger partial charge in [0.2, 0.25) is 5.91 Å². The van der Waals surface area contributed by atoms with E-state index in [-0.39, 0.29) is 37.0 Å². The summed E-state index contributed by atoms with van der Waals surface area (Å²) in [6.45, 7) is 2.26. The van der Waals surface area contributed by atoms with Crippen LogP contribution in [0.25, 0.3) is 0 Å². The lowest BCUT2D eigenvalue weighted by molar-refractivity contribution is -0.115. The van der Waals surface area contributed by atoms with Crippen molar-refractivity contribution >= 4 is 23.1 Å². The number of amides is 1. The SMILES string of the molecule is Cc1ccc(NC(=O)CN(Cc2ccccc2)c2c(N)n(Cc3ccccc3)c(=O)[nH]c2=O)cc1. The average molecular weight is 470 g/mol. The highest BCUT2D eigenvalue weighted by Crippen LogP contribution is 2.20. The summed E-state index contributed by atoms with van der Waals surface area (Å²) in [5.74, 6) is -0.314. The van der Waals surface area contributed by atoms with Gasteiger partial charge in [-0.25, -0.2) is 4.79 Å². The van der Waals surface area contributed by atoms with Crippen molar-refractivity contribution in [3.05, 3.63) is 122 Å². The Morgan fingerprint density at radius 2 is 1.51 bits per heavy atom. The van der Waals surface area contributed by atoms with E-state index in [1.54, 1.807) is 4.90 Å². The molecule has 1 heterocycles. The lowest BCUT2D eigenvalue weighted by Crippen LogP contribution is -2.41. The van der Waals surface area contributed by atoms with Crippen molar-refractivity contribution in [1.82, 2.24) is 9.55 Å². The summed E-state index contributed by atoms with van der Waals surface area (Å²) in [5, 5.41) is 2.86. The highest BCUT2D eigenvalue weighted by Gasteiger charge is 2.22. The number of aromatic nitrogens is 2. The number of benzene rings is 3. The number of nitrogen functional groups attached to an aromatic ring is 1. The van der Waals surface area contributed by atoms with Crippen molar-refractivity contribution in [2.75, 3.05) is 22.5 Å². The molecule has 4 aromatic rings. The molecule has 0 saturated carbocycles. The number of anilines is 3. The van der Waals surface area contributed by atoms with Gasteiger partial charge in [0, 0.05) is 12.2 Å². The van der Waals surface area contributed by atoms with Gasteiger partial charge in [0.05, 0.1) is 13.1 Å². The van der Waals surface area contributed by atoms with Crippen LogP contribution in [0, 0.1) is 6.92 Å². The first kappa shape index (κ1) is 23.6. The van der Waals surface area contributed by atoms with Crippen LogP contribution in [0.5, 0.6) is 0 Å². The molecule has 0 fully saturated rings. The molecule has 178 valence electrons. The summed E-state index contributed by atoms with van der Waals surface area (Å²) in [7, 11) is 0. The van der Waals surface area contributed by atoms with Crippen LogP contribution in [0.2, 0.25) is 0 Å². The summed E-state index contributed by atoms with van der Waals surface area (Å²) >= 11 is 0. The van der Waals surface area contributed by atoms with Gasteiger partial charge in [0.1, 0.15) is 11.5 Å². The molecular weight excluding hydrogens is 442 g/mol. The summed E-state index contributed by atoms with van der Waals surface area (Å²) in [6.07, 6.45) is 0. The van der Waals surface area contributed by atoms with Crippen LogP contribution in [0.15, 0.2) is 94.5 Å². The molecule has 0 aliphatic heterocycles. The molecule has 0 aliphatic rings. The van der Waals surface area contributed by atoms with Crippen LogP contribution in [-0.2, 0) is 17.9 Å². The fourth-order valence-electron chi connectivity index (χ4n) is 3.83. The second kappa shape index (κ2) is 10.6. The number of hydrogen-bond acceptors (Lipinski definition) is 5. The molecule has 4 rings (SSSR count). The topological polar surface area (TPSA) is 113 Å². The molecule has 0 spiro atoms. The molecule has 0 saturated heterocycles. The van der Waals surface area contributed by atoms with Gasteiger partial charge in [0.15, 0.2) is 0 Å². The van der Waals surface area contributed by atoms with Gasteiger partial charge in [-0.1, -0.05) is 78.4 Å². The second-order valence-electron chi connectivity index (χ2n) is 8.32. The third-order valence-corrected chi connectivity index (χ3v) is 5.60. The minimum Gasteiger partial charge on any atom is -0.383 e. The van der Waals surface area contributed by atoms with Crippen molar-refractivity contribution in [1.29, 1.82) is 0 Å². The molecule has 0 radical (unpaired) electrons. The number of nitrogens with two attached hydrogens (primary N) is 1. The standard InChI is InChI=1S/C27H27N5O3/c1-19-12-14-22(15-13-19)29-23(33)18-31(16-20-8-4-2-5-9-20)24-25(28)32(27(35)30-26(24)34)17-21-10-6-3-7-11-21/h2-15H,16-18,28H2,1H3,(H,29,33)(H,30,34,35). The van der Waals surface area contributed by atoms with Crippen LogP contribution in [0.3, 0.4) is 0 Å². The summed E-state index contributed by atoms with van der Waals surface area (Å²) in [5.41, 5.74) is 8.69. The van der Waals surface area contributed by atoms with Crippen LogP contribution in [0.4, 0.5) is 17.2 Å². The normalized spacial score (nSPS) is 10.7. The van der Waals surface area contributed by atoms with Gasteiger partial charge in [-0.15, -0.1) is 0 Å². The molecule has 1 amide bonds. The summed E-state index contributed by atoms with van der Waals surface area (Å²) in [6, 6.07) is 26.2. The lowest BCUT2D eigenvalue weighted by Gasteiger charge is -2.26. The van der Waals surface area contributed by atoms with Gasteiger partial charge < -0.3 is 16.0 Å². The van der Waals surface area contributed by atoms with E-state index in [4.69, 9.17) is 5.73 Å². The third kappa shape index (κ3) is 5.86. The number of hydrogen-bond donors (Lipinski definition) is 3. The van der Waals surface area contributed by atoms with Crippen molar-refractivity contribution in [3.8, 4) is 0 Å². The Balaban J connectivity index is 1.70. The quantitative estimate of drug-likeness (QED) is 0.367. The largest absolute Gasteiger partial charge is 0.383 e. The minimum atomic E-state index is -0.643. The van der Waals surface area contributed by atoms with Crippen molar-refractivity contribution in [2.24, 2.45) is 0 Å². The van der Waals surface area contributed by atoms with Crippen LogP contribution < -0.4 is 27.2 Å². The highest BCUT2D eigenvalue weighted by atomic mass is 16.2. The molecule has 8 heteroatoms. The van der Waals surface area contributed by atoms with E-state index in [2.05, 4.69) is 10.3 Å². The molecule has 8 nitrogen and oxygen atoms in total. The first-order valence-corrected chi connectivity index (χ1v) is 11.2. The molecule has 0 unspecified atom stereocenters. The van der Waals surface area contributed by atoms with E-state index in [9.17, 15) is 14.4 Å². The van der Waals surface area contributed by atoms with Gasteiger partial charge in [-0.3, -0.25) is 19.1 Å². The Morgan fingerprint density at radius 3 is 2.14 bits per heavy atom. The third-order valence-electron chi connectivity index (χ3n) is 5.60. The van der Waals surface area contributed by atoms with E-state index >= 15 is 0 Å². The molecule has 35 heavy (non-hydrogen) atoms. The molecule has 1 aromatic heterocycles. The fourth-order valence-corrected chi connectivity index (χ4v) is 3.83. The average Bonchev–Trinajstić information content (AvgIpc) is 2.84. The first-order chi connectivity index (χ1) is 16.9. The van der Waals surface area contributed by atoms with E-state index in [1.807, 2.05) is 91.9 Å². The number of nitrogens with zero attached hydrogens (tertiary/aromatic N) is 2. The fraction of sp³-hybridized carbons (Fsp3) is 0.148. The minimum absolute atomic E-state index is 0.00155. The van der Waals surface area contributed by atoms with E-state index in [0.717, 1.165) is 16.7 Å². The van der Waals surface area contributed by atoms with Gasteiger partial charge in [-0.05, 0) is 30.2 Å². The van der Waals surface area contributed by atoms with Gasteiger partial charge in [0.25, 0.3) is 5.56 Å². The number of carbonyl (C=O) groups excluding carboxylic acids is 1. The Labute approximate surface area is 202 Å². The lowest BCUT2D eigenvalue weighted by atomic mass is 10.2. The molecule has 0 atom stereocenters. The second-order valence-corrected chi connectivity index (χ2v) is 8.32. The van der Waals surface area contributed by atoms with Crippen molar-refractivity contribution in [2.45, 2.75) is 20.0 Å². The Morgan fingerprint density at radius 1 is 0.914 bits per heavy atom. The van der Waals surface area contributed by atoms with E-state index in [0.29, 0.717) is 5.69 Å². The van der Waals surface area contributed by atoms with Crippen LogP contribution in [0.1, 0.15) is 16.7 Å². The molecule has 3 aromatic carbocycles. The Hall–Kier alpha value is -4.59. The number of rotatable bonds is 8. The number of carbonyl (C=O) groups is 1. The predicted molar refractivity (Wildman–Crippen MR) is 139 cm³/mol. The zero-order valence-electron chi connectivity index (χ0n) is 19.4. The predicted octanol–water partition coefficient (Wildman–Crippen LogP) is 3.12. The maximum absolute atomic E-state index is 13.0. The molecule has 4 N–H and O–H groups in total. The number of nitrogens with one attached hydrogen (secondary N) is 2. The van der Waals surface area contributed by atoms with Crippen LogP contribution in [-0.4, -0.2) is 22.0 Å². The number of H-pyrrole nitrogens is 1. The summed E-state index contributed by atoms with van der Waals surface area (Å²) < 4.78 is 1.31. The van der Waals surface area contributed by atoms with Crippen LogP contribution >= 0.6 is 0 Å². The Bertz CT molecular complexity index is 1410. The zero-order chi connectivity index (χ0) is 24.8. The maximum Gasteiger partial charge on any atom is 0.330 e. The molecule has 0 bridgehead atoms. The number of aryl methyl sites for hydroxylation is 1. The van der Waals surface area contributed by atoms with E-state index in [1.165, 1.54) is 4.57 Å². The van der Waals surface area contributed by atoms with E-state index < -0.39 is 11.2 Å².